The van der Waals surface area contributed by atoms with Gasteiger partial charge in [-0.05, 0) is 0 Å². The summed E-state index contributed by atoms with van der Waals surface area (Å²) in [6.07, 6.45) is 0. The van der Waals surface area contributed by atoms with Crippen molar-refractivity contribution < 1.29 is 19.5 Å². The maximum Gasteiger partial charge on any atom is 2.00 e. The van der Waals surface area contributed by atoms with Crippen LogP contribution in [0.5, 0.6) is 0 Å². The number of hydrogen-bond acceptors (Lipinski definition) is 0. The van der Waals surface area contributed by atoms with Crippen molar-refractivity contribution in [3.63, 3.8) is 0 Å². The van der Waals surface area contributed by atoms with Crippen LogP contribution < -0.4 is 0 Å². The maximum atomic E-state index is 3.50. The van der Waals surface area contributed by atoms with Crippen LogP contribution in [0.4, 0.5) is 0 Å². The molecule has 3 heteroatoms. The monoisotopic (exact) mass is 152 g/mol. The van der Waals surface area contributed by atoms with Crippen LogP contribution in [-0.4, -0.2) is 28.2 Å². The van der Waals surface area contributed by atoms with E-state index >= 15 is 0 Å². The zero-order valence-electron chi connectivity index (χ0n) is 5.60. The molecule has 0 aliphatic heterocycles. The van der Waals surface area contributed by atoms with Crippen molar-refractivity contribution in [3.8, 4) is 0 Å². The molecule has 0 rings (SSSR count). The molecule has 0 fully saturated rings. The Hall–Kier alpha value is 0.543. The Balaban J connectivity index is -0.0000000400. The molecule has 0 unspecified atom stereocenters. The Morgan fingerprint density at radius 2 is 0.714 bits per heavy atom. The fourth-order valence-electron chi connectivity index (χ4n) is 0. The van der Waals surface area contributed by atoms with E-state index in [0.29, 0.717) is 0 Å². The summed E-state index contributed by atoms with van der Waals surface area (Å²) >= 11 is 0. The SMILES string of the molecule is C[N-]C.C[N-]C.[Zn+2]. The zero-order chi connectivity index (χ0) is 5.41. The molecular weight excluding hydrogens is 141 g/mol. The Labute approximate surface area is 58.8 Å². The Morgan fingerprint density at radius 3 is 0.714 bits per heavy atom. The molecular formula is C4H12N2Zn. The fourth-order valence-corrected chi connectivity index (χ4v) is 0. The zero-order valence-corrected chi connectivity index (χ0v) is 8.57. The molecule has 0 N–H and O–H groups in total. The minimum Gasteiger partial charge on any atom is -0.668 e. The van der Waals surface area contributed by atoms with Crippen LogP contribution >= 0.6 is 0 Å². The number of nitrogens with zero attached hydrogens (tertiary/aromatic N) is 2. The predicted molar refractivity (Wildman–Crippen MR) is 30.4 cm³/mol. The van der Waals surface area contributed by atoms with E-state index in [-0.39, 0.29) is 19.5 Å². The van der Waals surface area contributed by atoms with Gasteiger partial charge in [0.2, 0.25) is 0 Å². The van der Waals surface area contributed by atoms with Gasteiger partial charge < -0.3 is 10.6 Å². The summed E-state index contributed by atoms with van der Waals surface area (Å²) in [7, 11) is 7.00. The first-order valence-electron chi connectivity index (χ1n) is 1.79. The molecule has 0 aromatic carbocycles. The van der Waals surface area contributed by atoms with Crippen molar-refractivity contribution in [1.82, 2.24) is 0 Å². The minimum absolute atomic E-state index is 0. The van der Waals surface area contributed by atoms with Gasteiger partial charge in [0.15, 0.2) is 0 Å². The van der Waals surface area contributed by atoms with E-state index in [0.717, 1.165) is 0 Å². The van der Waals surface area contributed by atoms with Gasteiger partial charge in [0, 0.05) is 0 Å². The van der Waals surface area contributed by atoms with Gasteiger partial charge in [0.05, 0.1) is 0 Å². The van der Waals surface area contributed by atoms with Crippen LogP contribution in [0.3, 0.4) is 0 Å². The minimum atomic E-state index is 0. The second-order valence-corrected chi connectivity index (χ2v) is 0.894. The summed E-state index contributed by atoms with van der Waals surface area (Å²) < 4.78 is 0. The molecule has 0 aromatic rings. The fraction of sp³-hybridized carbons (Fsp3) is 1.00. The quantitative estimate of drug-likeness (QED) is 0.469. The van der Waals surface area contributed by atoms with Gasteiger partial charge >= 0.3 is 19.5 Å². The summed E-state index contributed by atoms with van der Waals surface area (Å²) in [6, 6.07) is 0. The van der Waals surface area contributed by atoms with Crippen molar-refractivity contribution >= 4 is 0 Å². The topological polar surface area (TPSA) is 28.2 Å². The summed E-state index contributed by atoms with van der Waals surface area (Å²) in [4.78, 5) is 0. The molecule has 0 aromatic heterocycles. The van der Waals surface area contributed by atoms with Crippen molar-refractivity contribution in [2.45, 2.75) is 0 Å². The molecule has 0 atom stereocenters. The molecule has 0 radical (unpaired) electrons. The van der Waals surface area contributed by atoms with Gasteiger partial charge in [-0.2, -0.15) is 28.2 Å². The standard InChI is InChI=1S/2C2H6N.Zn/c2*1-3-2;/h2*1-2H3;/q2*-1;+2. The van der Waals surface area contributed by atoms with Crippen LogP contribution in [-0.2, 0) is 19.5 Å². The first kappa shape index (κ1) is 15.6. The summed E-state index contributed by atoms with van der Waals surface area (Å²) in [5, 5.41) is 7.00. The normalized spacial score (nSPS) is 5.14. The van der Waals surface area contributed by atoms with Crippen LogP contribution in [0.15, 0.2) is 0 Å². The smallest absolute Gasteiger partial charge is 0.668 e. The second-order valence-electron chi connectivity index (χ2n) is 0.894. The third-order valence-corrected chi connectivity index (χ3v) is 0. The maximum absolute atomic E-state index is 3.50. The molecule has 0 heterocycles. The molecule has 0 saturated carbocycles. The van der Waals surface area contributed by atoms with E-state index in [1.54, 1.807) is 28.2 Å². The van der Waals surface area contributed by atoms with Crippen molar-refractivity contribution in [2.24, 2.45) is 0 Å². The summed E-state index contributed by atoms with van der Waals surface area (Å²) in [5.41, 5.74) is 0. The first-order chi connectivity index (χ1) is 2.83. The van der Waals surface area contributed by atoms with E-state index in [1.807, 2.05) is 0 Å². The molecule has 0 amide bonds. The average Bonchev–Trinajstić information content (AvgIpc) is 1.39. The van der Waals surface area contributed by atoms with Crippen LogP contribution in [0.2, 0.25) is 0 Å². The molecule has 2 nitrogen and oxygen atoms in total. The van der Waals surface area contributed by atoms with E-state index < -0.39 is 0 Å². The van der Waals surface area contributed by atoms with Crippen LogP contribution in [0, 0.1) is 0 Å². The van der Waals surface area contributed by atoms with Crippen molar-refractivity contribution in [3.05, 3.63) is 10.6 Å². The molecule has 0 aliphatic carbocycles. The van der Waals surface area contributed by atoms with Gasteiger partial charge in [0.1, 0.15) is 0 Å². The van der Waals surface area contributed by atoms with Crippen molar-refractivity contribution in [1.29, 1.82) is 0 Å². The molecule has 7 heavy (non-hydrogen) atoms. The van der Waals surface area contributed by atoms with E-state index in [9.17, 15) is 0 Å². The molecule has 0 bridgehead atoms. The summed E-state index contributed by atoms with van der Waals surface area (Å²) in [5.74, 6) is 0. The van der Waals surface area contributed by atoms with Gasteiger partial charge in [-0.3, -0.25) is 0 Å². The average molecular weight is 154 g/mol. The van der Waals surface area contributed by atoms with Gasteiger partial charge in [0.25, 0.3) is 0 Å². The van der Waals surface area contributed by atoms with E-state index in [4.69, 9.17) is 0 Å². The molecule has 0 spiro atoms. The molecule has 0 aliphatic rings. The van der Waals surface area contributed by atoms with Gasteiger partial charge in [-0.15, -0.1) is 0 Å². The van der Waals surface area contributed by atoms with Crippen molar-refractivity contribution in [2.75, 3.05) is 28.2 Å². The molecule has 40 valence electrons. The van der Waals surface area contributed by atoms with E-state index in [1.165, 1.54) is 0 Å². The van der Waals surface area contributed by atoms with Crippen LogP contribution in [0.25, 0.3) is 10.6 Å². The second kappa shape index (κ2) is 31.1. The Morgan fingerprint density at radius 1 is 0.714 bits per heavy atom. The third-order valence-electron chi connectivity index (χ3n) is 0. The third kappa shape index (κ3) is 457. The molecule has 0 saturated heterocycles. The Kier molecular flexibility index (Phi) is 69.5. The first-order valence-corrected chi connectivity index (χ1v) is 1.79. The van der Waals surface area contributed by atoms with E-state index in [2.05, 4.69) is 10.6 Å². The Bertz CT molecular complexity index is 11.7. The summed E-state index contributed by atoms with van der Waals surface area (Å²) in [6.45, 7) is 0. The number of hydrogen-bond donors (Lipinski definition) is 0. The van der Waals surface area contributed by atoms with Gasteiger partial charge in [-0.1, -0.05) is 0 Å². The van der Waals surface area contributed by atoms with Crippen LogP contribution in [0.1, 0.15) is 0 Å². The predicted octanol–water partition coefficient (Wildman–Crippen LogP) is 1.24. The van der Waals surface area contributed by atoms with Gasteiger partial charge in [-0.25, -0.2) is 0 Å². The largest absolute Gasteiger partial charge is 2.00 e. The number of rotatable bonds is 0.